The van der Waals surface area contributed by atoms with E-state index in [0.29, 0.717) is 90.5 Å². The zero-order chi connectivity index (χ0) is 43.5. The largest absolute Gasteiger partial charge is 0.496 e. The van der Waals surface area contributed by atoms with Crippen LogP contribution in [0.3, 0.4) is 0 Å². The molecule has 0 amide bonds. The van der Waals surface area contributed by atoms with Crippen LogP contribution in [0.15, 0.2) is 60.7 Å². The summed E-state index contributed by atoms with van der Waals surface area (Å²) in [6.45, 7) is 0.713. The SMILES string of the molecule is COc1cc2c(OC)cc1Cc1cc(OC)c(cc1OC)Cc1cc(OC)c(cc1OC)Cc1cc(OC)c(cc1OCCCCCCO)Cc1cc(OC)c(cc1OC)C2. The molecule has 0 unspecified atom stereocenters. The first-order chi connectivity index (χ1) is 29.7. The molecule has 326 valence electrons. The molecule has 10 aliphatic carbocycles. The zero-order valence-electron chi connectivity index (χ0n) is 37.1. The van der Waals surface area contributed by atoms with Crippen LogP contribution in [0, 0.1) is 0 Å². The normalized spacial score (nSPS) is 12.2. The maximum atomic E-state index is 9.30. The molecule has 0 spiro atoms. The van der Waals surface area contributed by atoms with E-state index in [9.17, 15) is 5.11 Å². The van der Waals surface area contributed by atoms with Crippen molar-refractivity contribution in [1.29, 1.82) is 0 Å². The highest BCUT2D eigenvalue weighted by Crippen LogP contribution is 2.42. The second kappa shape index (κ2) is 21.0. The van der Waals surface area contributed by atoms with Gasteiger partial charge in [0.25, 0.3) is 0 Å². The number of rotatable bonds is 16. The summed E-state index contributed by atoms with van der Waals surface area (Å²) in [7, 11) is 15.1. The molecule has 5 aromatic carbocycles. The standard InChI is InChI=1S/C50H60O11/c1-52-41-23-33-17-35-25-46(57-6)37(27-45(35)56-5)19-39-30-50(61-15-13-11-10-12-14-51)40(29-49(39)60-9)20-38-28-47(58-7)36(26-48(38)59-8)18-34-24-43(54-3)32(22-44(34)55-4)16-31(41)21-42(33)53-2/h21-30,51H,10-20H2,1-9H3. The van der Waals surface area contributed by atoms with Crippen LogP contribution in [0.4, 0.5) is 0 Å². The fraction of sp³-hybridized carbons (Fsp3) is 0.400. The molecule has 0 heterocycles. The van der Waals surface area contributed by atoms with Gasteiger partial charge in [0.15, 0.2) is 0 Å². The lowest BCUT2D eigenvalue weighted by atomic mass is 9.94. The quantitative estimate of drug-likeness (QED) is 0.0944. The van der Waals surface area contributed by atoms with Crippen molar-refractivity contribution < 1.29 is 52.5 Å². The van der Waals surface area contributed by atoms with Crippen molar-refractivity contribution in [3.05, 3.63) is 116 Å². The van der Waals surface area contributed by atoms with Crippen LogP contribution in [0.25, 0.3) is 0 Å². The molecular formula is C50H60O11. The molecule has 10 aliphatic rings. The molecule has 15 rings (SSSR count). The summed E-state index contributed by atoms with van der Waals surface area (Å²) in [5, 5.41) is 9.30. The number of benzene rings is 5. The van der Waals surface area contributed by atoms with Crippen LogP contribution in [-0.2, 0) is 32.1 Å². The molecule has 0 saturated carbocycles. The Balaban J connectivity index is 1.57. The second-order valence-corrected chi connectivity index (χ2v) is 15.0. The van der Waals surface area contributed by atoms with Crippen LogP contribution in [0.5, 0.6) is 57.5 Å². The predicted octanol–water partition coefficient (Wildman–Crippen LogP) is 8.96. The van der Waals surface area contributed by atoms with Crippen LogP contribution < -0.4 is 47.4 Å². The Hall–Kier alpha value is -5.94. The van der Waals surface area contributed by atoms with Gasteiger partial charge in [0, 0.05) is 94.3 Å². The number of aliphatic hydroxyl groups is 1. The Kier molecular flexibility index (Phi) is 15.4. The summed E-state index contributed by atoms with van der Waals surface area (Å²) in [5.74, 6) is 7.15. The Morgan fingerprint density at radius 2 is 0.492 bits per heavy atom. The zero-order valence-corrected chi connectivity index (χ0v) is 37.1. The third-order valence-electron chi connectivity index (χ3n) is 11.4. The van der Waals surface area contributed by atoms with Crippen LogP contribution in [0.1, 0.15) is 81.3 Å². The van der Waals surface area contributed by atoms with Crippen molar-refractivity contribution in [2.24, 2.45) is 0 Å². The summed E-state index contributed by atoms with van der Waals surface area (Å²) in [5.41, 5.74) is 9.25. The molecule has 0 aromatic heterocycles. The van der Waals surface area contributed by atoms with E-state index in [2.05, 4.69) is 12.1 Å². The number of ether oxygens (including phenoxy) is 10. The predicted molar refractivity (Wildman–Crippen MR) is 236 cm³/mol. The van der Waals surface area contributed by atoms with Crippen molar-refractivity contribution in [2.45, 2.75) is 57.8 Å². The van der Waals surface area contributed by atoms with Crippen molar-refractivity contribution >= 4 is 0 Å². The summed E-state index contributed by atoms with van der Waals surface area (Å²) in [6.07, 6.45) is 5.98. The minimum atomic E-state index is 0.191. The summed E-state index contributed by atoms with van der Waals surface area (Å²) in [6, 6.07) is 20.4. The summed E-state index contributed by atoms with van der Waals surface area (Å²) in [4.78, 5) is 0. The van der Waals surface area contributed by atoms with Crippen LogP contribution in [-0.4, -0.2) is 82.3 Å². The maximum absolute atomic E-state index is 9.30. The average molecular weight is 837 g/mol. The number of methoxy groups -OCH3 is 9. The monoisotopic (exact) mass is 836 g/mol. The van der Waals surface area contributed by atoms with E-state index in [-0.39, 0.29) is 6.61 Å². The highest BCUT2D eigenvalue weighted by atomic mass is 16.5. The highest BCUT2D eigenvalue weighted by molar-refractivity contribution is 5.59. The molecule has 0 atom stereocenters. The first-order valence-corrected chi connectivity index (χ1v) is 20.6. The molecule has 11 heteroatoms. The molecule has 5 aromatic rings. The molecule has 10 bridgehead atoms. The minimum absolute atomic E-state index is 0.191. The smallest absolute Gasteiger partial charge is 0.123 e. The van der Waals surface area contributed by atoms with Gasteiger partial charge in [-0.25, -0.2) is 0 Å². The molecular weight excluding hydrogens is 777 g/mol. The maximum Gasteiger partial charge on any atom is 0.123 e. The molecule has 0 radical (unpaired) electrons. The third-order valence-corrected chi connectivity index (χ3v) is 11.4. The third kappa shape index (κ3) is 10.2. The van der Waals surface area contributed by atoms with Gasteiger partial charge in [-0.1, -0.05) is 6.42 Å². The topological polar surface area (TPSA) is 113 Å². The molecule has 1 N–H and O–H groups in total. The Labute approximate surface area is 360 Å². The van der Waals surface area contributed by atoms with E-state index in [1.165, 1.54) is 0 Å². The number of aliphatic hydroxyl groups excluding tert-OH is 1. The number of hydrogen-bond donors (Lipinski definition) is 1. The lowest BCUT2D eigenvalue weighted by Crippen LogP contribution is -2.06. The van der Waals surface area contributed by atoms with Gasteiger partial charge in [0.05, 0.1) is 70.6 Å². The van der Waals surface area contributed by atoms with Gasteiger partial charge in [-0.15, -0.1) is 0 Å². The molecule has 0 aliphatic heterocycles. The van der Waals surface area contributed by atoms with Gasteiger partial charge >= 0.3 is 0 Å². The minimum Gasteiger partial charge on any atom is -0.496 e. The molecule has 61 heavy (non-hydrogen) atoms. The van der Waals surface area contributed by atoms with E-state index < -0.39 is 0 Å². The van der Waals surface area contributed by atoms with Crippen molar-refractivity contribution in [2.75, 3.05) is 77.2 Å². The van der Waals surface area contributed by atoms with Crippen molar-refractivity contribution in [3.8, 4) is 57.5 Å². The Morgan fingerprint density at radius 1 is 0.295 bits per heavy atom. The summed E-state index contributed by atoms with van der Waals surface area (Å²) < 4.78 is 61.0. The van der Waals surface area contributed by atoms with Gasteiger partial charge in [-0.05, 0) is 79.9 Å². The first kappa shape index (κ1) is 44.6. The van der Waals surface area contributed by atoms with Gasteiger partial charge in [0.2, 0.25) is 0 Å². The van der Waals surface area contributed by atoms with Gasteiger partial charge in [-0.2, -0.15) is 0 Å². The lowest BCUT2D eigenvalue weighted by Gasteiger charge is -2.20. The van der Waals surface area contributed by atoms with Crippen molar-refractivity contribution in [1.82, 2.24) is 0 Å². The van der Waals surface area contributed by atoms with Crippen LogP contribution in [0.2, 0.25) is 0 Å². The molecule has 0 fully saturated rings. The lowest BCUT2D eigenvalue weighted by molar-refractivity contribution is 0.272. The van der Waals surface area contributed by atoms with Gasteiger partial charge < -0.3 is 52.5 Å². The number of unbranched alkanes of at least 4 members (excludes halogenated alkanes) is 3. The summed E-state index contributed by atoms with van der Waals surface area (Å²) >= 11 is 0. The Morgan fingerprint density at radius 3 is 0.705 bits per heavy atom. The fourth-order valence-corrected chi connectivity index (χ4v) is 8.22. The van der Waals surface area contributed by atoms with Crippen LogP contribution >= 0.6 is 0 Å². The average Bonchev–Trinajstić information content (AvgIpc) is 3.28. The van der Waals surface area contributed by atoms with Crippen molar-refractivity contribution in [3.63, 3.8) is 0 Å². The van der Waals surface area contributed by atoms with Gasteiger partial charge in [0.1, 0.15) is 57.5 Å². The van der Waals surface area contributed by atoms with E-state index in [4.69, 9.17) is 47.4 Å². The van der Waals surface area contributed by atoms with E-state index >= 15 is 0 Å². The van der Waals surface area contributed by atoms with E-state index in [1.54, 1.807) is 64.0 Å². The number of hydrogen-bond acceptors (Lipinski definition) is 11. The van der Waals surface area contributed by atoms with E-state index in [0.717, 1.165) is 87.1 Å². The molecule has 0 saturated heterocycles. The fourth-order valence-electron chi connectivity index (χ4n) is 8.22. The van der Waals surface area contributed by atoms with E-state index in [1.807, 2.05) is 48.5 Å². The van der Waals surface area contributed by atoms with Gasteiger partial charge in [-0.3, -0.25) is 0 Å². The second-order valence-electron chi connectivity index (χ2n) is 15.0. The first-order valence-electron chi connectivity index (χ1n) is 20.6. The molecule has 11 nitrogen and oxygen atoms in total. The highest BCUT2D eigenvalue weighted by Gasteiger charge is 2.23. The Bertz CT molecular complexity index is 2280.